The SMILES string of the molecule is CC(=O)N(CCN)C(=O)CCS. The number of amides is 2. The van der Waals surface area contributed by atoms with Crippen molar-refractivity contribution >= 4 is 24.4 Å². The van der Waals surface area contributed by atoms with Crippen LogP contribution in [0, 0.1) is 0 Å². The maximum atomic E-state index is 11.2. The second kappa shape index (κ2) is 6.02. The molecule has 2 N–H and O–H groups in total. The second-order valence-corrected chi connectivity index (χ2v) is 2.77. The zero-order valence-electron chi connectivity index (χ0n) is 7.12. The molecule has 0 aromatic carbocycles. The molecule has 0 atom stereocenters. The first-order valence-corrected chi connectivity index (χ1v) is 4.38. The molecule has 0 aliphatic rings. The van der Waals surface area contributed by atoms with Crippen LogP contribution >= 0.6 is 12.6 Å². The Morgan fingerprint density at radius 1 is 1.50 bits per heavy atom. The summed E-state index contributed by atoms with van der Waals surface area (Å²) < 4.78 is 0. The molecule has 0 saturated carbocycles. The maximum Gasteiger partial charge on any atom is 0.230 e. The third-order valence-corrected chi connectivity index (χ3v) is 1.58. The highest BCUT2D eigenvalue weighted by Gasteiger charge is 2.15. The third kappa shape index (κ3) is 3.73. The molecule has 0 saturated heterocycles. The van der Waals surface area contributed by atoms with Crippen LogP contribution in [0.15, 0.2) is 0 Å². The first-order valence-electron chi connectivity index (χ1n) is 3.75. The summed E-state index contributed by atoms with van der Waals surface area (Å²) in [6.07, 6.45) is 0.280. The lowest BCUT2D eigenvalue weighted by atomic mass is 10.3. The minimum atomic E-state index is -0.257. The van der Waals surface area contributed by atoms with Gasteiger partial charge in [-0.25, -0.2) is 0 Å². The van der Waals surface area contributed by atoms with Crippen molar-refractivity contribution < 1.29 is 9.59 Å². The van der Waals surface area contributed by atoms with Crippen LogP contribution in [0.4, 0.5) is 0 Å². The summed E-state index contributed by atoms with van der Waals surface area (Å²) in [5, 5.41) is 0. The van der Waals surface area contributed by atoms with E-state index in [1.807, 2.05) is 0 Å². The standard InChI is InChI=1S/C7H14N2O2S/c1-6(10)9(4-3-8)7(11)2-5-12/h12H,2-5,8H2,1H3. The Kier molecular flexibility index (Phi) is 5.74. The highest BCUT2D eigenvalue weighted by atomic mass is 32.1. The van der Waals surface area contributed by atoms with Gasteiger partial charge in [0, 0.05) is 26.4 Å². The molecule has 0 heterocycles. The predicted molar refractivity (Wildman–Crippen MR) is 49.9 cm³/mol. The number of hydrogen-bond donors (Lipinski definition) is 2. The van der Waals surface area contributed by atoms with Gasteiger partial charge in [0.1, 0.15) is 0 Å². The van der Waals surface area contributed by atoms with Gasteiger partial charge >= 0.3 is 0 Å². The Morgan fingerprint density at radius 3 is 2.42 bits per heavy atom. The summed E-state index contributed by atoms with van der Waals surface area (Å²) in [6, 6.07) is 0. The fourth-order valence-electron chi connectivity index (χ4n) is 0.817. The number of imide groups is 1. The van der Waals surface area contributed by atoms with E-state index in [2.05, 4.69) is 12.6 Å². The molecule has 5 heteroatoms. The topological polar surface area (TPSA) is 63.4 Å². The molecule has 4 nitrogen and oxygen atoms in total. The molecule has 0 unspecified atom stereocenters. The summed E-state index contributed by atoms with van der Waals surface area (Å²) >= 11 is 3.90. The number of hydrogen-bond acceptors (Lipinski definition) is 4. The molecule has 0 spiro atoms. The molecular weight excluding hydrogens is 176 g/mol. The predicted octanol–water partition coefficient (Wildman–Crippen LogP) is -0.360. The van der Waals surface area contributed by atoms with E-state index in [0.29, 0.717) is 18.8 Å². The molecule has 0 aliphatic carbocycles. The van der Waals surface area contributed by atoms with Crippen molar-refractivity contribution in [1.82, 2.24) is 4.90 Å². The van der Waals surface area contributed by atoms with Crippen molar-refractivity contribution in [2.24, 2.45) is 5.73 Å². The van der Waals surface area contributed by atoms with Crippen LogP contribution in [0.5, 0.6) is 0 Å². The largest absolute Gasteiger partial charge is 0.329 e. The molecule has 0 aromatic heterocycles. The normalized spacial score (nSPS) is 9.58. The smallest absolute Gasteiger partial charge is 0.230 e. The van der Waals surface area contributed by atoms with Gasteiger partial charge in [-0.2, -0.15) is 12.6 Å². The van der Waals surface area contributed by atoms with E-state index in [9.17, 15) is 9.59 Å². The van der Waals surface area contributed by atoms with Crippen molar-refractivity contribution in [2.45, 2.75) is 13.3 Å². The molecule has 0 rings (SSSR count). The Labute approximate surface area is 77.5 Å². The number of carbonyl (C=O) groups is 2. The van der Waals surface area contributed by atoms with Crippen LogP contribution in [-0.2, 0) is 9.59 Å². The van der Waals surface area contributed by atoms with Gasteiger partial charge in [-0.3, -0.25) is 14.5 Å². The summed E-state index contributed by atoms with van der Waals surface area (Å²) in [6.45, 7) is 1.95. The number of nitrogens with two attached hydrogens (primary N) is 1. The van der Waals surface area contributed by atoms with Crippen molar-refractivity contribution in [3.05, 3.63) is 0 Å². The quantitative estimate of drug-likeness (QED) is 0.595. The Balaban J connectivity index is 4.09. The summed E-state index contributed by atoms with van der Waals surface area (Å²) in [5.74, 6) is -0.0112. The lowest BCUT2D eigenvalue weighted by Gasteiger charge is -2.17. The van der Waals surface area contributed by atoms with E-state index in [1.165, 1.54) is 6.92 Å². The molecule has 2 amide bonds. The number of rotatable bonds is 4. The van der Waals surface area contributed by atoms with Gasteiger partial charge in [-0.15, -0.1) is 0 Å². The van der Waals surface area contributed by atoms with Crippen molar-refractivity contribution in [3.8, 4) is 0 Å². The third-order valence-electron chi connectivity index (χ3n) is 1.36. The minimum absolute atomic E-state index is 0.206. The van der Waals surface area contributed by atoms with Gasteiger partial charge in [0.25, 0.3) is 0 Å². The average molecular weight is 190 g/mol. The van der Waals surface area contributed by atoms with E-state index in [0.717, 1.165) is 4.90 Å². The molecule has 12 heavy (non-hydrogen) atoms. The maximum absolute atomic E-state index is 11.2. The fourth-order valence-corrected chi connectivity index (χ4v) is 1.01. The van der Waals surface area contributed by atoms with E-state index >= 15 is 0 Å². The zero-order chi connectivity index (χ0) is 9.56. The van der Waals surface area contributed by atoms with Gasteiger partial charge in [-0.1, -0.05) is 0 Å². The van der Waals surface area contributed by atoms with Gasteiger partial charge in [0.2, 0.25) is 11.8 Å². The van der Waals surface area contributed by atoms with Crippen LogP contribution in [0.25, 0.3) is 0 Å². The van der Waals surface area contributed by atoms with Gasteiger partial charge in [-0.05, 0) is 5.75 Å². The Morgan fingerprint density at radius 2 is 2.08 bits per heavy atom. The average Bonchev–Trinajstić information content (AvgIpc) is 1.99. The van der Waals surface area contributed by atoms with Gasteiger partial charge in [0.15, 0.2) is 0 Å². The van der Waals surface area contributed by atoms with E-state index in [-0.39, 0.29) is 18.2 Å². The highest BCUT2D eigenvalue weighted by molar-refractivity contribution is 7.80. The first kappa shape index (κ1) is 11.4. The van der Waals surface area contributed by atoms with E-state index in [4.69, 9.17) is 5.73 Å². The molecule has 0 aliphatic heterocycles. The molecule has 0 fully saturated rings. The van der Waals surface area contributed by atoms with E-state index < -0.39 is 0 Å². The minimum Gasteiger partial charge on any atom is -0.329 e. The fraction of sp³-hybridized carbons (Fsp3) is 0.714. The molecule has 0 aromatic rings. The Bertz CT molecular complexity index is 173. The van der Waals surface area contributed by atoms with Crippen molar-refractivity contribution in [3.63, 3.8) is 0 Å². The molecule has 70 valence electrons. The highest BCUT2D eigenvalue weighted by Crippen LogP contribution is 1.95. The van der Waals surface area contributed by atoms with Crippen LogP contribution in [-0.4, -0.2) is 35.6 Å². The lowest BCUT2D eigenvalue weighted by molar-refractivity contribution is -0.143. The first-order chi connectivity index (χ1) is 5.63. The number of nitrogens with zero attached hydrogens (tertiary/aromatic N) is 1. The van der Waals surface area contributed by atoms with Crippen LogP contribution in [0.1, 0.15) is 13.3 Å². The monoisotopic (exact) mass is 190 g/mol. The number of carbonyl (C=O) groups excluding carboxylic acids is 2. The molecule has 0 radical (unpaired) electrons. The van der Waals surface area contributed by atoms with Crippen molar-refractivity contribution in [2.75, 3.05) is 18.8 Å². The van der Waals surface area contributed by atoms with Crippen LogP contribution in [0.2, 0.25) is 0 Å². The van der Waals surface area contributed by atoms with Crippen LogP contribution < -0.4 is 5.73 Å². The lowest BCUT2D eigenvalue weighted by Crippen LogP contribution is -2.38. The van der Waals surface area contributed by atoms with Gasteiger partial charge < -0.3 is 5.73 Å². The summed E-state index contributed by atoms with van der Waals surface area (Å²) in [7, 11) is 0. The summed E-state index contributed by atoms with van der Waals surface area (Å²) in [5.41, 5.74) is 5.24. The molecule has 0 bridgehead atoms. The second-order valence-electron chi connectivity index (χ2n) is 2.33. The van der Waals surface area contributed by atoms with E-state index in [1.54, 1.807) is 0 Å². The van der Waals surface area contributed by atoms with Crippen molar-refractivity contribution in [1.29, 1.82) is 0 Å². The summed E-state index contributed by atoms with van der Waals surface area (Å²) in [4.78, 5) is 23.2. The molecular formula is C7H14N2O2S. The zero-order valence-corrected chi connectivity index (χ0v) is 8.01. The van der Waals surface area contributed by atoms with Crippen LogP contribution in [0.3, 0.4) is 0 Å². The number of thiol groups is 1. The Hall–Kier alpha value is -0.550. The van der Waals surface area contributed by atoms with Gasteiger partial charge in [0.05, 0.1) is 0 Å².